The van der Waals surface area contributed by atoms with Crippen molar-refractivity contribution in [3.8, 4) is 17.2 Å². The lowest BCUT2D eigenvalue weighted by Gasteiger charge is -2.11. The summed E-state index contributed by atoms with van der Waals surface area (Å²) >= 11 is 12.1. The molecule has 0 aliphatic carbocycles. The molecule has 1 aromatic heterocycles. The molecular weight excluding hydrogens is 439 g/mol. The number of aryl methyl sites for hydroxylation is 1. The number of nitrogens with one attached hydrogen (secondary N) is 1. The molecule has 1 amide bonds. The summed E-state index contributed by atoms with van der Waals surface area (Å²) in [7, 11) is 1.61. The minimum Gasteiger partial charge on any atom is -0.497 e. The number of methoxy groups -OCH3 is 1. The minimum absolute atomic E-state index is 0.196. The molecule has 0 unspecified atom stereocenters. The molecule has 1 N–H and O–H groups in total. The smallest absolute Gasteiger partial charge is 0.262 e. The Bertz CT molecular complexity index is 1230. The molecule has 0 spiro atoms. The molecule has 0 aliphatic heterocycles. The lowest BCUT2D eigenvalue weighted by atomic mass is 10.2. The van der Waals surface area contributed by atoms with Gasteiger partial charge in [0.2, 0.25) is 0 Å². The van der Waals surface area contributed by atoms with E-state index in [1.807, 2.05) is 31.2 Å². The number of amides is 1. The molecule has 0 saturated carbocycles. The molecule has 0 atom stereocenters. The molecule has 158 valence electrons. The van der Waals surface area contributed by atoms with Crippen molar-refractivity contribution in [3.63, 3.8) is 0 Å². The first-order chi connectivity index (χ1) is 14.9. The monoisotopic (exact) mass is 456 g/mol. The maximum Gasteiger partial charge on any atom is 0.262 e. The Kier molecular flexibility index (Phi) is 5.97. The van der Waals surface area contributed by atoms with E-state index in [0.29, 0.717) is 32.5 Å². The lowest BCUT2D eigenvalue weighted by molar-refractivity contribution is -0.118. The van der Waals surface area contributed by atoms with Crippen LogP contribution in [0.4, 0.5) is 5.69 Å². The van der Waals surface area contributed by atoms with Gasteiger partial charge in [0.1, 0.15) is 22.5 Å². The highest BCUT2D eigenvalue weighted by Gasteiger charge is 2.12. The highest BCUT2D eigenvalue weighted by molar-refractivity contribution is 6.35. The standard InChI is InChI=1S/C22H18Cl2N4O3/c1-13-9-14(23)10-18(24)22(13)31-12-21(29)25-15-3-8-19-20(11-15)27-28(26-19)16-4-6-17(30-2)7-5-16/h3-11H,12H2,1-2H3,(H,25,29). The number of hydrogen-bond acceptors (Lipinski definition) is 5. The first-order valence-corrected chi connectivity index (χ1v) is 10.1. The summed E-state index contributed by atoms with van der Waals surface area (Å²) in [6, 6.07) is 16.0. The van der Waals surface area contributed by atoms with Gasteiger partial charge in [0, 0.05) is 10.7 Å². The van der Waals surface area contributed by atoms with Crippen LogP contribution in [0.5, 0.6) is 11.5 Å². The summed E-state index contributed by atoms with van der Waals surface area (Å²) in [6.45, 7) is 1.61. The summed E-state index contributed by atoms with van der Waals surface area (Å²) in [6.07, 6.45) is 0. The minimum atomic E-state index is -0.327. The average Bonchev–Trinajstić information content (AvgIpc) is 3.16. The topological polar surface area (TPSA) is 78.3 Å². The molecule has 4 rings (SSSR count). The van der Waals surface area contributed by atoms with Crippen LogP contribution in [0, 0.1) is 6.92 Å². The van der Waals surface area contributed by atoms with Gasteiger partial charge < -0.3 is 14.8 Å². The molecule has 31 heavy (non-hydrogen) atoms. The van der Waals surface area contributed by atoms with Crippen LogP contribution in [-0.2, 0) is 4.79 Å². The summed E-state index contributed by atoms with van der Waals surface area (Å²) in [5.74, 6) is 0.856. The predicted octanol–water partition coefficient (Wildman–Crippen LogP) is 5.06. The van der Waals surface area contributed by atoms with Crippen molar-refractivity contribution in [3.05, 3.63) is 70.2 Å². The molecule has 4 aromatic rings. The van der Waals surface area contributed by atoms with Crippen LogP contribution in [0.2, 0.25) is 10.0 Å². The van der Waals surface area contributed by atoms with Crippen LogP contribution in [0.25, 0.3) is 16.7 Å². The van der Waals surface area contributed by atoms with Crippen molar-refractivity contribution in [1.29, 1.82) is 0 Å². The van der Waals surface area contributed by atoms with E-state index in [0.717, 1.165) is 17.0 Å². The SMILES string of the molecule is COc1ccc(-n2nc3ccc(NC(=O)COc4c(C)cc(Cl)cc4Cl)cc3n2)cc1. The summed E-state index contributed by atoms with van der Waals surface area (Å²) < 4.78 is 10.7. The van der Waals surface area contributed by atoms with E-state index in [2.05, 4.69) is 15.5 Å². The molecular formula is C22H18Cl2N4O3. The summed E-state index contributed by atoms with van der Waals surface area (Å²) in [4.78, 5) is 13.9. The van der Waals surface area contributed by atoms with E-state index >= 15 is 0 Å². The van der Waals surface area contributed by atoms with E-state index in [4.69, 9.17) is 32.7 Å². The Balaban J connectivity index is 1.45. The molecule has 0 bridgehead atoms. The first-order valence-electron chi connectivity index (χ1n) is 9.33. The van der Waals surface area contributed by atoms with E-state index in [1.165, 1.54) is 4.80 Å². The van der Waals surface area contributed by atoms with E-state index in [1.54, 1.807) is 37.4 Å². The van der Waals surface area contributed by atoms with Crippen LogP contribution in [0.15, 0.2) is 54.6 Å². The second kappa shape index (κ2) is 8.83. The number of benzene rings is 3. The zero-order valence-electron chi connectivity index (χ0n) is 16.7. The molecule has 1 heterocycles. The van der Waals surface area contributed by atoms with Crippen molar-refractivity contribution in [2.24, 2.45) is 0 Å². The second-order valence-electron chi connectivity index (χ2n) is 6.76. The molecule has 0 saturated heterocycles. The number of aromatic nitrogens is 3. The second-order valence-corrected chi connectivity index (χ2v) is 7.61. The number of ether oxygens (including phenoxy) is 2. The van der Waals surface area contributed by atoms with Crippen LogP contribution in [0.3, 0.4) is 0 Å². The van der Waals surface area contributed by atoms with E-state index < -0.39 is 0 Å². The largest absolute Gasteiger partial charge is 0.497 e. The number of anilines is 1. The Labute approximate surface area is 188 Å². The Morgan fingerprint density at radius 2 is 1.77 bits per heavy atom. The third-order valence-corrected chi connectivity index (χ3v) is 5.01. The molecule has 7 nitrogen and oxygen atoms in total. The average molecular weight is 457 g/mol. The quantitative estimate of drug-likeness (QED) is 0.438. The number of nitrogens with zero attached hydrogens (tertiary/aromatic N) is 3. The zero-order valence-corrected chi connectivity index (χ0v) is 18.2. The zero-order chi connectivity index (χ0) is 22.0. The van der Waals surface area contributed by atoms with Crippen molar-refractivity contribution < 1.29 is 14.3 Å². The maximum atomic E-state index is 12.3. The van der Waals surface area contributed by atoms with Gasteiger partial charge in [-0.3, -0.25) is 4.79 Å². The normalized spacial score (nSPS) is 10.8. The van der Waals surface area contributed by atoms with Gasteiger partial charge in [0.25, 0.3) is 5.91 Å². The Morgan fingerprint density at radius 3 is 2.48 bits per heavy atom. The number of carbonyl (C=O) groups is 1. The third kappa shape index (κ3) is 4.73. The first kappa shape index (κ1) is 21.0. The van der Waals surface area contributed by atoms with Gasteiger partial charge in [0.15, 0.2) is 6.61 Å². The fourth-order valence-corrected chi connectivity index (χ4v) is 3.68. The molecule has 3 aromatic carbocycles. The van der Waals surface area contributed by atoms with Crippen molar-refractivity contribution in [2.45, 2.75) is 6.92 Å². The van der Waals surface area contributed by atoms with Gasteiger partial charge in [-0.15, -0.1) is 10.2 Å². The highest BCUT2D eigenvalue weighted by atomic mass is 35.5. The van der Waals surface area contributed by atoms with Crippen molar-refractivity contribution in [2.75, 3.05) is 19.0 Å². The van der Waals surface area contributed by atoms with Crippen LogP contribution < -0.4 is 14.8 Å². The number of fused-ring (bicyclic) bond motifs is 1. The fourth-order valence-electron chi connectivity index (χ4n) is 3.03. The van der Waals surface area contributed by atoms with E-state index in [9.17, 15) is 4.79 Å². The Morgan fingerprint density at radius 1 is 1.03 bits per heavy atom. The van der Waals surface area contributed by atoms with Gasteiger partial charge in [-0.05, 0) is 67.1 Å². The van der Waals surface area contributed by atoms with Gasteiger partial charge in [-0.2, -0.15) is 4.80 Å². The van der Waals surface area contributed by atoms with Crippen LogP contribution >= 0.6 is 23.2 Å². The number of rotatable bonds is 6. The van der Waals surface area contributed by atoms with Crippen LogP contribution in [-0.4, -0.2) is 34.6 Å². The van der Waals surface area contributed by atoms with E-state index in [-0.39, 0.29) is 12.5 Å². The lowest BCUT2D eigenvalue weighted by Crippen LogP contribution is -2.20. The summed E-state index contributed by atoms with van der Waals surface area (Å²) in [5, 5.41) is 12.6. The molecule has 0 fully saturated rings. The third-order valence-electron chi connectivity index (χ3n) is 4.51. The van der Waals surface area contributed by atoms with Crippen LogP contribution in [0.1, 0.15) is 5.56 Å². The van der Waals surface area contributed by atoms with Crippen molar-refractivity contribution in [1.82, 2.24) is 15.0 Å². The molecule has 9 heteroatoms. The predicted molar refractivity (Wildman–Crippen MR) is 121 cm³/mol. The number of hydrogen-bond donors (Lipinski definition) is 1. The number of carbonyl (C=O) groups excluding carboxylic acids is 1. The Hall–Kier alpha value is -3.29. The molecule has 0 radical (unpaired) electrons. The van der Waals surface area contributed by atoms with Gasteiger partial charge in [-0.1, -0.05) is 23.2 Å². The maximum absolute atomic E-state index is 12.3. The fraction of sp³-hybridized carbons (Fsp3) is 0.136. The van der Waals surface area contributed by atoms with Crippen molar-refractivity contribution >= 4 is 45.8 Å². The van der Waals surface area contributed by atoms with Gasteiger partial charge in [-0.25, -0.2) is 0 Å². The summed E-state index contributed by atoms with van der Waals surface area (Å²) in [5.41, 5.74) is 3.48. The highest BCUT2D eigenvalue weighted by Crippen LogP contribution is 2.31. The molecule has 0 aliphatic rings. The number of halogens is 2. The van der Waals surface area contributed by atoms with Gasteiger partial charge in [0.05, 0.1) is 17.8 Å². The van der Waals surface area contributed by atoms with Gasteiger partial charge >= 0.3 is 0 Å².